The Balaban J connectivity index is 1.78. The molecule has 1 aromatic heterocycles. The van der Waals surface area contributed by atoms with Gasteiger partial charge in [-0.05, 0) is 40.9 Å². The molecule has 0 spiro atoms. The van der Waals surface area contributed by atoms with Crippen LogP contribution in [0.3, 0.4) is 0 Å². The molecule has 0 aliphatic carbocycles. The number of carboxylic acid groups (broad SMARTS) is 1. The second-order valence-corrected chi connectivity index (χ2v) is 15.6. The van der Waals surface area contributed by atoms with E-state index in [0.717, 1.165) is 0 Å². The van der Waals surface area contributed by atoms with Gasteiger partial charge in [0.25, 0.3) is 0 Å². The van der Waals surface area contributed by atoms with Crippen molar-refractivity contribution < 1.29 is 19.1 Å². The lowest BCUT2D eigenvalue weighted by Gasteiger charge is -2.48. The standard InChI is InChI=1S/C17H27N5O4S2Si/c1-9(26-29(6,7)17(2,3)4)11-13(23)22-12(15(24)25)10(28-14(11)22)8-27-16-18-19-20-21(16)5/h8-9,11-12,14H,1-7H3,(H,24,25)/b10-8+/t9-,11+,12?,14+/m0/s1. The molecule has 29 heavy (non-hydrogen) atoms. The van der Waals surface area contributed by atoms with E-state index in [0.29, 0.717) is 10.1 Å². The number of carbonyl (C=O) groups excluding carboxylic acids is 1. The van der Waals surface area contributed by atoms with E-state index in [-0.39, 0.29) is 28.3 Å². The summed E-state index contributed by atoms with van der Waals surface area (Å²) in [7, 11) is -0.328. The third-order valence-electron chi connectivity index (χ3n) is 5.81. The Labute approximate surface area is 179 Å². The first kappa shape index (κ1) is 22.3. The van der Waals surface area contributed by atoms with Gasteiger partial charge in [0.05, 0.1) is 17.4 Å². The summed E-state index contributed by atoms with van der Waals surface area (Å²) in [5.74, 6) is -1.54. The lowest BCUT2D eigenvalue weighted by atomic mass is 9.91. The molecule has 4 atom stereocenters. The van der Waals surface area contributed by atoms with Crippen molar-refractivity contribution in [2.24, 2.45) is 13.0 Å². The lowest BCUT2D eigenvalue weighted by molar-refractivity contribution is -0.165. The molecular weight excluding hydrogens is 430 g/mol. The number of β-lactam (4-membered cyclic amide) rings is 1. The molecular formula is C17H27N5O4S2Si. The number of amides is 1. The van der Waals surface area contributed by atoms with Gasteiger partial charge in [-0.3, -0.25) is 4.79 Å². The quantitative estimate of drug-likeness (QED) is 0.391. The molecule has 0 bridgehead atoms. The average molecular weight is 458 g/mol. The molecule has 0 saturated carbocycles. The van der Waals surface area contributed by atoms with Gasteiger partial charge in [-0.25, -0.2) is 9.48 Å². The van der Waals surface area contributed by atoms with E-state index in [1.807, 2.05) is 6.92 Å². The first-order chi connectivity index (χ1) is 13.3. The van der Waals surface area contributed by atoms with Gasteiger partial charge in [-0.1, -0.05) is 32.5 Å². The predicted molar refractivity (Wildman–Crippen MR) is 114 cm³/mol. The van der Waals surface area contributed by atoms with Gasteiger partial charge in [0.1, 0.15) is 0 Å². The number of hydrogen-bond donors (Lipinski definition) is 1. The van der Waals surface area contributed by atoms with Crippen LogP contribution < -0.4 is 0 Å². The fraction of sp³-hybridized carbons (Fsp3) is 0.706. The van der Waals surface area contributed by atoms with Crippen LogP contribution >= 0.6 is 23.5 Å². The molecule has 2 fully saturated rings. The number of hydrogen-bond acceptors (Lipinski definition) is 8. The second-order valence-electron chi connectivity index (χ2n) is 8.83. The summed E-state index contributed by atoms with van der Waals surface area (Å²) in [4.78, 5) is 26.8. The average Bonchev–Trinajstić information content (AvgIpc) is 3.12. The largest absolute Gasteiger partial charge is 0.479 e. The van der Waals surface area contributed by atoms with Crippen LogP contribution in [-0.4, -0.2) is 67.9 Å². The number of rotatable bonds is 6. The Morgan fingerprint density at radius 3 is 2.59 bits per heavy atom. The summed E-state index contributed by atoms with van der Waals surface area (Å²) in [6.07, 6.45) is -0.262. The first-order valence-electron chi connectivity index (χ1n) is 9.33. The smallest absolute Gasteiger partial charge is 0.331 e. The maximum atomic E-state index is 12.9. The molecule has 1 unspecified atom stereocenters. The molecule has 2 aliphatic rings. The first-order valence-corrected chi connectivity index (χ1v) is 14.0. The van der Waals surface area contributed by atoms with E-state index in [2.05, 4.69) is 49.4 Å². The molecule has 2 aliphatic heterocycles. The fourth-order valence-electron chi connectivity index (χ4n) is 3.17. The van der Waals surface area contributed by atoms with Crippen molar-refractivity contribution in [1.82, 2.24) is 25.1 Å². The maximum Gasteiger partial charge on any atom is 0.331 e. The number of carbonyl (C=O) groups is 2. The molecule has 1 amide bonds. The van der Waals surface area contributed by atoms with Crippen molar-refractivity contribution in [2.75, 3.05) is 0 Å². The zero-order chi connectivity index (χ0) is 21.7. The number of tetrazole rings is 1. The van der Waals surface area contributed by atoms with Crippen molar-refractivity contribution >= 4 is 43.7 Å². The SMILES string of the molecule is C[C@H](O[Si](C)(C)C(C)(C)C)[C@@H]1C(=O)N2C(C(=O)O)/C(=C\Sc3nnnn3C)S[C@H]12. The van der Waals surface area contributed by atoms with Crippen LogP contribution in [0.1, 0.15) is 27.7 Å². The van der Waals surface area contributed by atoms with Crippen molar-refractivity contribution in [1.29, 1.82) is 0 Å². The zero-order valence-electron chi connectivity index (χ0n) is 17.6. The van der Waals surface area contributed by atoms with Crippen LogP contribution in [-0.2, 0) is 21.1 Å². The number of thioether (sulfide) groups is 2. The van der Waals surface area contributed by atoms with E-state index in [9.17, 15) is 14.7 Å². The van der Waals surface area contributed by atoms with E-state index < -0.39 is 20.3 Å². The fourth-order valence-corrected chi connectivity index (χ4v) is 7.03. The van der Waals surface area contributed by atoms with Gasteiger partial charge in [0.15, 0.2) is 14.4 Å². The Morgan fingerprint density at radius 2 is 2.07 bits per heavy atom. The Morgan fingerprint density at radius 1 is 1.41 bits per heavy atom. The highest BCUT2D eigenvalue weighted by molar-refractivity contribution is 8.06. The van der Waals surface area contributed by atoms with Crippen molar-refractivity contribution in [2.45, 2.75) is 68.5 Å². The third kappa shape index (κ3) is 3.99. The molecule has 0 radical (unpaired) electrons. The predicted octanol–water partition coefficient (Wildman–Crippen LogP) is 2.54. The van der Waals surface area contributed by atoms with E-state index in [1.165, 1.54) is 33.1 Å². The molecule has 1 aromatic rings. The lowest BCUT2D eigenvalue weighted by Crippen LogP contribution is -2.65. The van der Waals surface area contributed by atoms with Gasteiger partial charge >= 0.3 is 5.97 Å². The number of aromatic nitrogens is 4. The van der Waals surface area contributed by atoms with Crippen molar-refractivity contribution in [3.63, 3.8) is 0 Å². The zero-order valence-corrected chi connectivity index (χ0v) is 20.2. The number of fused-ring (bicyclic) bond motifs is 1. The molecule has 9 nitrogen and oxygen atoms in total. The van der Waals surface area contributed by atoms with E-state index in [4.69, 9.17) is 4.43 Å². The van der Waals surface area contributed by atoms with Crippen LogP contribution in [0.25, 0.3) is 0 Å². The minimum Gasteiger partial charge on any atom is -0.479 e. The minimum absolute atomic E-state index is 0.0337. The highest BCUT2D eigenvalue weighted by Crippen LogP contribution is 2.52. The maximum absolute atomic E-state index is 12.9. The minimum atomic E-state index is -2.04. The van der Waals surface area contributed by atoms with Crippen molar-refractivity contribution in [3.8, 4) is 0 Å². The molecule has 12 heteroatoms. The highest BCUT2D eigenvalue weighted by Gasteiger charge is 2.61. The summed E-state index contributed by atoms with van der Waals surface area (Å²) < 4.78 is 7.94. The molecule has 0 aromatic carbocycles. The van der Waals surface area contributed by atoms with Gasteiger partial charge in [0.2, 0.25) is 11.1 Å². The number of aliphatic carboxylic acids is 1. The summed E-state index contributed by atoms with van der Waals surface area (Å²) in [5.41, 5.74) is 0. The molecule has 3 heterocycles. The Bertz CT molecular complexity index is 853. The van der Waals surface area contributed by atoms with Gasteiger partial charge in [-0.2, -0.15) is 0 Å². The molecule has 2 saturated heterocycles. The number of aryl methyl sites for hydroxylation is 1. The second kappa shape index (κ2) is 7.71. The summed E-state index contributed by atoms with van der Waals surface area (Å²) in [5, 5.41) is 23.0. The highest BCUT2D eigenvalue weighted by atomic mass is 32.2. The normalized spacial score (nSPS) is 27.1. The van der Waals surface area contributed by atoms with E-state index >= 15 is 0 Å². The number of carboxylic acids is 1. The van der Waals surface area contributed by atoms with Gasteiger partial charge in [0, 0.05) is 12.0 Å². The summed E-state index contributed by atoms with van der Waals surface area (Å²) in [6, 6.07) is -0.970. The molecule has 160 valence electrons. The van der Waals surface area contributed by atoms with Crippen LogP contribution in [0.5, 0.6) is 0 Å². The number of nitrogens with zero attached hydrogens (tertiary/aromatic N) is 5. The van der Waals surface area contributed by atoms with Gasteiger partial charge < -0.3 is 14.4 Å². The summed E-state index contributed by atoms with van der Waals surface area (Å²) >= 11 is 2.67. The van der Waals surface area contributed by atoms with Crippen LogP contribution in [0.2, 0.25) is 18.1 Å². The molecule has 1 N–H and O–H groups in total. The Kier molecular flexibility index (Phi) is 5.93. The van der Waals surface area contributed by atoms with Crippen LogP contribution in [0, 0.1) is 5.92 Å². The van der Waals surface area contributed by atoms with Crippen LogP contribution in [0.15, 0.2) is 15.5 Å². The van der Waals surface area contributed by atoms with Gasteiger partial charge in [-0.15, -0.1) is 16.9 Å². The van der Waals surface area contributed by atoms with E-state index in [1.54, 1.807) is 12.5 Å². The Hall–Kier alpha value is -1.37. The van der Waals surface area contributed by atoms with Crippen molar-refractivity contribution in [3.05, 3.63) is 10.3 Å². The molecule has 3 rings (SSSR count). The monoisotopic (exact) mass is 457 g/mol. The topological polar surface area (TPSA) is 110 Å². The third-order valence-corrected chi connectivity index (χ3v) is 12.8. The van der Waals surface area contributed by atoms with Crippen LogP contribution in [0.4, 0.5) is 0 Å². The summed E-state index contributed by atoms with van der Waals surface area (Å²) in [6.45, 7) is 12.7.